The number of thiazole rings is 1. The molecule has 15 heteroatoms. The highest BCUT2D eigenvalue weighted by Crippen LogP contribution is 2.52. The van der Waals surface area contributed by atoms with Gasteiger partial charge in [-0.05, 0) is 60.5 Å². The molecule has 3 fully saturated rings. The smallest absolute Gasteiger partial charge is 0.408 e. The van der Waals surface area contributed by atoms with E-state index in [1.54, 1.807) is 18.2 Å². The van der Waals surface area contributed by atoms with Crippen LogP contribution < -0.4 is 20.1 Å². The van der Waals surface area contributed by atoms with Crippen LogP contribution in [-0.2, 0) is 19.1 Å². The number of rotatable bonds is 14. The number of likely N-dealkylation sites (tertiary alicyclic amines) is 1. The number of benzene rings is 1. The van der Waals surface area contributed by atoms with Crippen LogP contribution in [0, 0.1) is 23.2 Å². The highest BCUT2D eigenvalue weighted by Gasteiger charge is 2.49. The fraction of sp³-hybridized carbons (Fsp3) is 0.610. The number of carboxylic acid groups (broad SMARTS) is 1. The van der Waals surface area contributed by atoms with Gasteiger partial charge in [0, 0.05) is 23.3 Å². The zero-order valence-corrected chi connectivity index (χ0v) is 35.0. The Balaban J connectivity index is 1.33. The average Bonchev–Trinajstić information content (AvgIpc) is 3.51. The van der Waals surface area contributed by atoms with Gasteiger partial charge in [-0.15, -0.1) is 11.3 Å². The second-order valence-corrected chi connectivity index (χ2v) is 18.0. The van der Waals surface area contributed by atoms with E-state index in [0.717, 1.165) is 18.5 Å². The van der Waals surface area contributed by atoms with Crippen LogP contribution in [0.25, 0.3) is 21.6 Å². The van der Waals surface area contributed by atoms with E-state index in [0.29, 0.717) is 62.8 Å². The standard InChI is InChI=1S/C41H54ClN5O8S/c1-9-21(10-2)33(39(50)51)45-36(48)29-16-25(18-47(29)38(49)35(41(5,6)7)46-40(52)55-24-14-22-13-23(22)15-24)54-31-17-27(37-44-28(19-56-37)20(3)4)43-34-26(31)11-12-30(53-8)32(34)42/h11-12,17,19-25,29,33,35H,9-10,13-16,18H2,1-8H3,(H,45,48)(H,46,52)(H,50,51)/t22-,23+,24?,25-,29+,33-,35-/m1/s1. The highest BCUT2D eigenvalue weighted by atomic mass is 35.5. The Morgan fingerprint density at radius 1 is 1.00 bits per heavy atom. The summed E-state index contributed by atoms with van der Waals surface area (Å²) >= 11 is 8.27. The molecule has 13 nitrogen and oxygen atoms in total. The molecular weight excluding hydrogens is 758 g/mol. The van der Waals surface area contributed by atoms with E-state index in [9.17, 15) is 24.3 Å². The lowest BCUT2D eigenvalue weighted by Crippen LogP contribution is -2.59. The Bertz CT molecular complexity index is 1950. The van der Waals surface area contributed by atoms with Crippen molar-refractivity contribution in [3.05, 3.63) is 34.3 Å². The number of hydrogen-bond acceptors (Lipinski definition) is 10. The molecule has 3 N–H and O–H groups in total. The molecule has 7 atom stereocenters. The number of fused-ring (bicyclic) bond motifs is 2. The van der Waals surface area contributed by atoms with Gasteiger partial charge in [-0.1, -0.05) is 72.9 Å². The van der Waals surface area contributed by atoms with Crippen LogP contribution >= 0.6 is 22.9 Å². The molecule has 1 unspecified atom stereocenters. The number of amides is 3. The minimum atomic E-state index is -1.16. The van der Waals surface area contributed by atoms with Crippen molar-refractivity contribution < 1.29 is 38.5 Å². The number of alkyl carbamates (subject to hydrolysis) is 1. The van der Waals surface area contributed by atoms with Crippen molar-refractivity contribution >= 4 is 57.7 Å². The van der Waals surface area contributed by atoms with Crippen molar-refractivity contribution in [1.82, 2.24) is 25.5 Å². The SMILES string of the molecule is CCC(CC)[C@@H](NC(=O)[C@@H]1C[C@@H](Oc2cc(-c3nc(C(C)C)cs3)nc3c(Cl)c(OC)ccc23)CN1C(=O)[C@@H](NC(=O)OC1C[C@@H]2C[C@@H]2C1)C(C)(C)C)C(=O)O. The van der Waals surface area contributed by atoms with Crippen molar-refractivity contribution in [1.29, 1.82) is 0 Å². The Morgan fingerprint density at radius 3 is 2.29 bits per heavy atom. The van der Waals surface area contributed by atoms with Crippen LogP contribution in [0.15, 0.2) is 23.6 Å². The van der Waals surface area contributed by atoms with Crippen LogP contribution in [0.2, 0.25) is 5.02 Å². The number of carboxylic acids is 1. The Hall–Kier alpha value is -4.17. The lowest BCUT2D eigenvalue weighted by molar-refractivity contribution is -0.146. The third-order valence-electron chi connectivity index (χ3n) is 11.5. The van der Waals surface area contributed by atoms with Crippen LogP contribution in [-0.4, -0.2) is 87.8 Å². The van der Waals surface area contributed by atoms with Crippen molar-refractivity contribution in [3.8, 4) is 22.2 Å². The number of aliphatic carboxylic acids is 1. The molecule has 2 aliphatic carbocycles. The molecular formula is C41H54ClN5O8S. The monoisotopic (exact) mass is 811 g/mol. The summed E-state index contributed by atoms with van der Waals surface area (Å²) in [6.45, 7) is 13.4. The van der Waals surface area contributed by atoms with Gasteiger partial charge in [-0.3, -0.25) is 9.59 Å². The van der Waals surface area contributed by atoms with Gasteiger partial charge in [0.2, 0.25) is 11.8 Å². The molecule has 2 aromatic heterocycles. The Kier molecular flexibility index (Phi) is 12.4. The molecule has 3 heterocycles. The first-order valence-corrected chi connectivity index (χ1v) is 20.9. The van der Waals surface area contributed by atoms with E-state index in [1.165, 1.54) is 29.8 Å². The number of carbonyl (C=O) groups is 4. The van der Waals surface area contributed by atoms with Crippen molar-refractivity contribution in [3.63, 3.8) is 0 Å². The first kappa shape index (κ1) is 41.5. The van der Waals surface area contributed by atoms with Crippen LogP contribution in [0.5, 0.6) is 11.5 Å². The van der Waals surface area contributed by atoms with E-state index < -0.39 is 53.5 Å². The average molecular weight is 812 g/mol. The Morgan fingerprint density at radius 2 is 1.70 bits per heavy atom. The molecule has 304 valence electrons. The molecule has 0 spiro atoms. The second kappa shape index (κ2) is 16.7. The van der Waals surface area contributed by atoms with Gasteiger partial charge in [0.15, 0.2) is 0 Å². The summed E-state index contributed by atoms with van der Waals surface area (Å²) < 4.78 is 18.0. The zero-order chi connectivity index (χ0) is 40.6. The maximum Gasteiger partial charge on any atom is 0.408 e. The van der Waals surface area contributed by atoms with Crippen molar-refractivity contribution in [2.45, 2.75) is 123 Å². The molecule has 2 saturated carbocycles. The lowest BCUT2D eigenvalue weighted by atomic mass is 9.85. The normalized spacial score (nSPS) is 22.8. The number of carbonyl (C=O) groups excluding carboxylic acids is 3. The fourth-order valence-corrected chi connectivity index (χ4v) is 9.29. The molecule has 1 aliphatic heterocycles. The van der Waals surface area contributed by atoms with E-state index in [-0.39, 0.29) is 30.9 Å². The first-order chi connectivity index (χ1) is 26.5. The number of ether oxygens (including phenoxy) is 3. The number of pyridine rings is 1. The van der Waals surface area contributed by atoms with Crippen molar-refractivity contribution in [2.75, 3.05) is 13.7 Å². The Labute approximate surface area is 337 Å². The predicted molar refractivity (Wildman–Crippen MR) is 214 cm³/mol. The number of halogens is 1. The van der Waals surface area contributed by atoms with E-state index >= 15 is 0 Å². The van der Waals surface area contributed by atoms with E-state index in [1.807, 2.05) is 40.0 Å². The molecule has 56 heavy (non-hydrogen) atoms. The minimum absolute atomic E-state index is 0.0211. The third kappa shape index (κ3) is 8.86. The summed E-state index contributed by atoms with van der Waals surface area (Å²) in [6, 6.07) is 1.98. The van der Waals surface area contributed by atoms with Crippen LogP contribution in [0.4, 0.5) is 4.79 Å². The maximum absolute atomic E-state index is 14.7. The summed E-state index contributed by atoms with van der Waals surface area (Å²) in [6.07, 6.45) is 2.37. The van der Waals surface area contributed by atoms with Crippen LogP contribution in [0.1, 0.15) is 98.6 Å². The predicted octanol–water partition coefficient (Wildman–Crippen LogP) is 7.44. The summed E-state index contributed by atoms with van der Waals surface area (Å²) in [7, 11) is 1.52. The van der Waals surface area contributed by atoms with Gasteiger partial charge in [0.05, 0.1) is 24.9 Å². The largest absolute Gasteiger partial charge is 0.495 e. The van der Waals surface area contributed by atoms with Crippen molar-refractivity contribution in [2.24, 2.45) is 23.2 Å². The maximum atomic E-state index is 14.7. The molecule has 3 aliphatic rings. The summed E-state index contributed by atoms with van der Waals surface area (Å²) in [5, 5.41) is 19.3. The van der Waals surface area contributed by atoms with Gasteiger partial charge in [-0.2, -0.15) is 0 Å². The molecule has 3 amide bonds. The van der Waals surface area contributed by atoms with E-state index in [4.69, 9.17) is 35.8 Å². The van der Waals surface area contributed by atoms with Crippen LogP contribution in [0.3, 0.4) is 0 Å². The van der Waals surface area contributed by atoms with Gasteiger partial charge < -0.3 is 34.9 Å². The molecule has 1 aromatic carbocycles. The molecule has 1 saturated heterocycles. The topological polar surface area (TPSA) is 169 Å². The second-order valence-electron chi connectivity index (χ2n) is 16.8. The minimum Gasteiger partial charge on any atom is -0.495 e. The highest BCUT2D eigenvalue weighted by molar-refractivity contribution is 7.13. The molecule has 0 bridgehead atoms. The van der Waals surface area contributed by atoms with Gasteiger partial charge in [-0.25, -0.2) is 19.6 Å². The molecule has 0 radical (unpaired) electrons. The fourth-order valence-electron chi connectivity index (χ4n) is 8.06. The number of nitrogens with one attached hydrogen (secondary N) is 2. The quantitative estimate of drug-likeness (QED) is 0.149. The summed E-state index contributed by atoms with van der Waals surface area (Å²) in [5.41, 5.74) is 1.11. The van der Waals surface area contributed by atoms with Gasteiger partial charge in [0.1, 0.15) is 57.6 Å². The van der Waals surface area contributed by atoms with E-state index in [2.05, 4.69) is 24.5 Å². The summed E-state index contributed by atoms with van der Waals surface area (Å²) in [5.74, 6) is -0.315. The van der Waals surface area contributed by atoms with Gasteiger partial charge in [0.25, 0.3) is 0 Å². The number of hydrogen-bond donors (Lipinski definition) is 3. The number of methoxy groups -OCH3 is 1. The first-order valence-electron chi connectivity index (χ1n) is 19.6. The molecule has 3 aromatic rings. The lowest BCUT2D eigenvalue weighted by Gasteiger charge is -2.35. The summed E-state index contributed by atoms with van der Waals surface area (Å²) in [4.78, 5) is 65.7. The third-order valence-corrected chi connectivity index (χ3v) is 12.7. The molecule has 6 rings (SSSR count). The van der Waals surface area contributed by atoms with Gasteiger partial charge >= 0.3 is 12.1 Å². The zero-order valence-electron chi connectivity index (χ0n) is 33.4. The number of aromatic nitrogens is 2. The number of nitrogens with zero attached hydrogens (tertiary/aromatic N) is 3.